The maximum Gasteiger partial charge on any atom is 0.339 e. The van der Waals surface area contributed by atoms with Gasteiger partial charge < -0.3 is 5.32 Å². The fourth-order valence-corrected chi connectivity index (χ4v) is 4.94. The Kier molecular flexibility index (Phi) is 6.11. The monoisotopic (exact) mass is 359 g/mol. The van der Waals surface area contributed by atoms with E-state index in [4.69, 9.17) is 0 Å². The Morgan fingerprint density at radius 1 is 1.25 bits per heavy atom. The standard InChI is InChI=1S/C16H29N3O4S/c1-4-5-8-19(24(3,22)23)16(21)18-15(20)17-11(2)14-10-12-6-7-13(14)9-12/h11-14H,4-10H2,1-3H3,(H2,17,18,20,21)/t11-,12-,13+,14+/m1/s1. The average molecular weight is 359 g/mol. The SMILES string of the molecule is CCCCN(C(=O)NC(=O)N[C@H](C)[C@@H]1C[C@@H]2CC[C@H]1C2)S(C)(=O)=O. The van der Waals surface area contributed by atoms with Crippen molar-refractivity contribution in [3.63, 3.8) is 0 Å². The van der Waals surface area contributed by atoms with E-state index >= 15 is 0 Å². The van der Waals surface area contributed by atoms with E-state index in [0.717, 1.165) is 29.3 Å². The van der Waals surface area contributed by atoms with Crippen LogP contribution in [0.3, 0.4) is 0 Å². The molecule has 0 heterocycles. The number of sulfonamides is 1. The first-order valence-corrected chi connectivity index (χ1v) is 10.7. The van der Waals surface area contributed by atoms with Gasteiger partial charge in [0.2, 0.25) is 10.0 Å². The maximum absolute atomic E-state index is 12.1. The molecule has 0 aromatic rings. The molecule has 4 amide bonds. The molecule has 0 unspecified atom stereocenters. The third-order valence-electron chi connectivity index (χ3n) is 5.36. The Balaban J connectivity index is 1.87. The Morgan fingerprint density at radius 3 is 2.46 bits per heavy atom. The molecular weight excluding hydrogens is 330 g/mol. The molecule has 0 aliphatic heterocycles. The summed E-state index contributed by atoms with van der Waals surface area (Å²) in [4.78, 5) is 24.2. The Labute approximate surface area is 144 Å². The molecule has 7 nitrogen and oxygen atoms in total. The summed E-state index contributed by atoms with van der Waals surface area (Å²) < 4.78 is 24.1. The Morgan fingerprint density at radius 2 is 1.96 bits per heavy atom. The number of urea groups is 2. The summed E-state index contributed by atoms with van der Waals surface area (Å²) in [7, 11) is -3.69. The fraction of sp³-hybridized carbons (Fsp3) is 0.875. The van der Waals surface area contributed by atoms with Crippen LogP contribution in [0.25, 0.3) is 0 Å². The summed E-state index contributed by atoms with van der Waals surface area (Å²) >= 11 is 0. The van der Waals surface area contributed by atoms with Crippen molar-refractivity contribution in [1.29, 1.82) is 0 Å². The third kappa shape index (κ3) is 4.62. The molecule has 4 atom stereocenters. The minimum Gasteiger partial charge on any atom is -0.335 e. The minimum absolute atomic E-state index is 0.0181. The second-order valence-electron chi connectivity index (χ2n) is 7.22. The number of carbonyl (C=O) groups is 2. The molecule has 2 aliphatic carbocycles. The normalized spacial score (nSPS) is 26.9. The fourth-order valence-electron chi connectivity index (χ4n) is 4.14. The summed E-state index contributed by atoms with van der Waals surface area (Å²) in [5.74, 6) is 1.90. The molecule has 2 aliphatic rings. The van der Waals surface area contributed by atoms with E-state index in [-0.39, 0.29) is 12.6 Å². The van der Waals surface area contributed by atoms with Crippen molar-refractivity contribution < 1.29 is 18.0 Å². The molecule has 138 valence electrons. The third-order valence-corrected chi connectivity index (χ3v) is 6.50. The number of imide groups is 1. The first-order chi connectivity index (χ1) is 11.2. The molecule has 2 fully saturated rings. The van der Waals surface area contributed by atoms with Crippen LogP contribution in [0.15, 0.2) is 0 Å². The molecule has 2 saturated carbocycles. The van der Waals surface area contributed by atoms with Gasteiger partial charge in [0.05, 0.1) is 6.26 Å². The molecule has 8 heteroatoms. The smallest absolute Gasteiger partial charge is 0.335 e. The van der Waals surface area contributed by atoms with Crippen molar-refractivity contribution in [3.8, 4) is 0 Å². The molecule has 2 N–H and O–H groups in total. The highest BCUT2D eigenvalue weighted by Crippen LogP contribution is 2.49. The lowest BCUT2D eigenvalue weighted by Crippen LogP contribution is -2.52. The van der Waals surface area contributed by atoms with Gasteiger partial charge in [-0.1, -0.05) is 19.8 Å². The Hall–Kier alpha value is -1.31. The predicted octanol–water partition coefficient (Wildman–Crippen LogP) is 2.29. The van der Waals surface area contributed by atoms with Gasteiger partial charge >= 0.3 is 12.1 Å². The van der Waals surface area contributed by atoms with E-state index < -0.39 is 22.1 Å². The van der Waals surface area contributed by atoms with Crippen LogP contribution in [-0.4, -0.2) is 43.6 Å². The van der Waals surface area contributed by atoms with Crippen molar-refractivity contribution in [2.45, 2.75) is 58.4 Å². The second kappa shape index (κ2) is 7.72. The number of nitrogens with zero attached hydrogens (tertiary/aromatic N) is 1. The maximum atomic E-state index is 12.1. The highest BCUT2D eigenvalue weighted by atomic mass is 32.2. The van der Waals surface area contributed by atoms with Gasteiger partial charge in [0, 0.05) is 12.6 Å². The van der Waals surface area contributed by atoms with E-state index in [1.165, 1.54) is 19.3 Å². The van der Waals surface area contributed by atoms with Gasteiger partial charge in [0.15, 0.2) is 0 Å². The van der Waals surface area contributed by atoms with Crippen LogP contribution in [0, 0.1) is 17.8 Å². The Bertz CT molecular complexity index is 578. The lowest BCUT2D eigenvalue weighted by atomic mass is 9.84. The zero-order valence-electron chi connectivity index (χ0n) is 14.7. The molecule has 0 aromatic heterocycles. The van der Waals surface area contributed by atoms with E-state index in [0.29, 0.717) is 18.3 Å². The molecule has 2 bridgehead atoms. The van der Waals surface area contributed by atoms with Crippen LogP contribution in [0.2, 0.25) is 0 Å². The molecule has 24 heavy (non-hydrogen) atoms. The van der Waals surface area contributed by atoms with Crippen molar-refractivity contribution in [2.24, 2.45) is 17.8 Å². The van der Waals surface area contributed by atoms with E-state index in [1.54, 1.807) is 0 Å². The number of carbonyl (C=O) groups excluding carboxylic acids is 2. The van der Waals surface area contributed by atoms with Crippen molar-refractivity contribution in [1.82, 2.24) is 14.9 Å². The summed E-state index contributed by atoms with van der Waals surface area (Å²) in [5, 5.41) is 4.96. The molecule has 0 saturated heterocycles. The largest absolute Gasteiger partial charge is 0.339 e. The molecule has 2 rings (SSSR count). The van der Waals surface area contributed by atoms with Gasteiger partial charge in [-0.25, -0.2) is 22.3 Å². The molecule has 0 radical (unpaired) electrons. The number of nitrogens with one attached hydrogen (secondary N) is 2. The summed E-state index contributed by atoms with van der Waals surface area (Å²) in [6.45, 7) is 3.94. The zero-order valence-corrected chi connectivity index (χ0v) is 15.6. The number of hydrogen-bond acceptors (Lipinski definition) is 4. The van der Waals surface area contributed by atoms with Gasteiger partial charge in [-0.2, -0.15) is 0 Å². The number of hydrogen-bond donors (Lipinski definition) is 2. The van der Waals surface area contributed by atoms with Crippen LogP contribution in [0.4, 0.5) is 9.59 Å². The minimum atomic E-state index is -3.69. The molecular formula is C16H29N3O4S. The molecule has 0 aromatic carbocycles. The van der Waals surface area contributed by atoms with Crippen LogP contribution in [0.1, 0.15) is 52.4 Å². The van der Waals surface area contributed by atoms with E-state index in [9.17, 15) is 18.0 Å². The van der Waals surface area contributed by atoms with Crippen molar-refractivity contribution >= 4 is 22.1 Å². The topological polar surface area (TPSA) is 95.6 Å². The van der Waals surface area contributed by atoms with Gasteiger partial charge in [-0.15, -0.1) is 0 Å². The van der Waals surface area contributed by atoms with Gasteiger partial charge in [-0.05, 0) is 50.4 Å². The first-order valence-electron chi connectivity index (χ1n) is 8.81. The van der Waals surface area contributed by atoms with E-state index in [1.807, 2.05) is 13.8 Å². The second-order valence-corrected chi connectivity index (χ2v) is 9.13. The molecule has 0 spiro atoms. The van der Waals surface area contributed by atoms with E-state index in [2.05, 4.69) is 10.6 Å². The lowest BCUT2D eigenvalue weighted by molar-refractivity contribution is 0.207. The summed E-state index contributed by atoms with van der Waals surface area (Å²) in [6.07, 6.45) is 7.18. The van der Waals surface area contributed by atoms with Gasteiger partial charge in [0.1, 0.15) is 0 Å². The number of fused-ring (bicyclic) bond motifs is 2. The summed E-state index contributed by atoms with van der Waals surface area (Å²) in [5.41, 5.74) is 0. The van der Waals surface area contributed by atoms with Gasteiger partial charge in [0.25, 0.3) is 0 Å². The quantitative estimate of drug-likeness (QED) is 0.760. The predicted molar refractivity (Wildman–Crippen MR) is 91.9 cm³/mol. The highest BCUT2D eigenvalue weighted by molar-refractivity contribution is 7.88. The van der Waals surface area contributed by atoms with Crippen molar-refractivity contribution in [3.05, 3.63) is 0 Å². The number of unbranched alkanes of at least 4 members (excludes halogenated alkanes) is 1. The van der Waals surface area contributed by atoms with Crippen LogP contribution in [-0.2, 0) is 10.0 Å². The lowest BCUT2D eigenvalue weighted by Gasteiger charge is -2.28. The highest BCUT2D eigenvalue weighted by Gasteiger charge is 2.42. The average Bonchev–Trinajstić information content (AvgIpc) is 3.08. The van der Waals surface area contributed by atoms with Crippen LogP contribution >= 0.6 is 0 Å². The summed E-state index contributed by atoms with van der Waals surface area (Å²) in [6, 6.07) is -1.53. The number of rotatable bonds is 6. The first kappa shape index (κ1) is 19.0. The van der Waals surface area contributed by atoms with Crippen LogP contribution < -0.4 is 10.6 Å². The van der Waals surface area contributed by atoms with Gasteiger partial charge in [-0.3, -0.25) is 5.32 Å². The van der Waals surface area contributed by atoms with Crippen molar-refractivity contribution in [2.75, 3.05) is 12.8 Å². The zero-order chi connectivity index (χ0) is 17.9. The van der Waals surface area contributed by atoms with Crippen LogP contribution in [0.5, 0.6) is 0 Å². The number of amides is 4.